The fourth-order valence-electron chi connectivity index (χ4n) is 3.98. The van der Waals surface area contributed by atoms with E-state index in [-0.39, 0.29) is 22.9 Å². The van der Waals surface area contributed by atoms with Crippen molar-refractivity contribution in [3.63, 3.8) is 0 Å². The molecular formula is C23H25ClN2O8S. The van der Waals surface area contributed by atoms with E-state index in [2.05, 4.69) is 4.72 Å². The van der Waals surface area contributed by atoms with Gasteiger partial charge >= 0.3 is 5.97 Å². The number of nitrogens with zero attached hydrogens (tertiary/aromatic N) is 1. The van der Waals surface area contributed by atoms with Crippen molar-refractivity contribution in [2.75, 3.05) is 20.8 Å². The lowest BCUT2D eigenvalue weighted by molar-refractivity contribution is -0.384. The third-order valence-electron chi connectivity index (χ3n) is 5.59. The number of carbonyl (C=O) groups is 1. The van der Waals surface area contributed by atoms with Gasteiger partial charge in [0.25, 0.3) is 5.69 Å². The lowest BCUT2D eigenvalue weighted by Crippen LogP contribution is -2.34. The number of esters is 1. The number of rotatable bonds is 10. The summed E-state index contributed by atoms with van der Waals surface area (Å²) in [6, 6.07) is 7.68. The predicted molar refractivity (Wildman–Crippen MR) is 128 cm³/mol. The highest BCUT2D eigenvalue weighted by Crippen LogP contribution is 2.40. The van der Waals surface area contributed by atoms with E-state index in [1.165, 1.54) is 20.3 Å². The number of carbonyl (C=O) groups excluding carboxylic acids is 1. The van der Waals surface area contributed by atoms with Gasteiger partial charge in [-0.2, -0.15) is 0 Å². The number of nitrogens with one attached hydrogen (secondary N) is 1. The molecule has 0 fully saturated rings. The fraction of sp³-hybridized carbons (Fsp3) is 0.348. The Bertz CT molecular complexity index is 1250. The first-order chi connectivity index (χ1) is 16.6. The Hall–Kier alpha value is -3.15. The molecule has 2 aromatic rings. The molecule has 0 heterocycles. The van der Waals surface area contributed by atoms with Crippen molar-refractivity contribution in [1.82, 2.24) is 4.72 Å². The van der Waals surface area contributed by atoms with Gasteiger partial charge in [-0.1, -0.05) is 23.8 Å². The van der Waals surface area contributed by atoms with E-state index in [9.17, 15) is 23.3 Å². The molecule has 0 saturated heterocycles. The summed E-state index contributed by atoms with van der Waals surface area (Å²) in [5.74, 6) is -0.677. The van der Waals surface area contributed by atoms with Crippen LogP contribution >= 0.6 is 11.6 Å². The number of nitro benzene ring substituents is 1. The number of benzene rings is 2. The predicted octanol–water partition coefficient (Wildman–Crippen LogP) is 3.84. The summed E-state index contributed by atoms with van der Waals surface area (Å²) in [7, 11) is -1.12. The highest BCUT2D eigenvalue weighted by atomic mass is 35.5. The summed E-state index contributed by atoms with van der Waals surface area (Å²) in [6.45, 7) is 1.87. The second-order valence-electron chi connectivity index (χ2n) is 7.72. The van der Waals surface area contributed by atoms with Crippen LogP contribution in [0.4, 0.5) is 5.69 Å². The SMILES string of the molecule is CCOC(=O)[C@H](c1cc(OC)ccc1OC)[C@H]1C=C[C@@H](NS(=O)(=O)c2ccc(Cl)c([N+](=O)[O-])c2)C1. The Balaban J connectivity index is 1.87. The molecule has 10 nitrogen and oxygen atoms in total. The zero-order chi connectivity index (χ0) is 25.8. The number of nitro groups is 1. The molecule has 2 aromatic carbocycles. The van der Waals surface area contributed by atoms with Crippen LogP contribution in [-0.4, -0.2) is 46.2 Å². The zero-order valence-electron chi connectivity index (χ0n) is 19.3. The number of allylic oxidation sites excluding steroid dienone is 1. The van der Waals surface area contributed by atoms with Gasteiger partial charge in [-0.3, -0.25) is 14.9 Å². The van der Waals surface area contributed by atoms with Gasteiger partial charge in [0.05, 0.1) is 36.6 Å². The summed E-state index contributed by atoms with van der Waals surface area (Å²) < 4.78 is 44.4. The van der Waals surface area contributed by atoms with Crippen molar-refractivity contribution < 1.29 is 32.3 Å². The number of hydrogen-bond donors (Lipinski definition) is 1. The molecule has 0 aromatic heterocycles. The smallest absolute Gasteiger partial charge is 0.314 e. The molecule has 0 saturated carbocycles. The Morgan fingerprint density at radius 1 is 1.20 bits per heavy atom. The molecule has 0 bridgehead atoms. The first-order valence-electron chi connectivity index (χ1n) is 10.6. The Kier molecular flexibility index (Phi) is 8.36. The van der Waals surface area contributed by atoms with E-state index in [1.807, 2.05) is 0 Å². The molecule has 0 unspecified atom stereocenters. The van der Waals surface area contributed by atoms with Gasteiger partial charge < -0.3 is 14.2 Å². The van der Waals surface area contributed by atoms with Crippen LogP contribution < -0.4 is 14.2 Å². The summed E-state index contributed by atoms with van der Waals surface area (Å²) in [5, 5.41) is 11.0. The minimum absolute atomic E-state index is 0.167. The molecule has 1 aliphatic carbocycles. The van der Waals surface area contributed by atoms with Crippen molar-refractivity contribution in [2.45, 2.75) is 30.2 Å². The van der Waals surface area contributed by atoms with Gasteiger partial charge in [-0.05, 0) is 49.6 Å². The minimum atomic E-state index is -4.11. The molecule has 0 spiro atoms. The Morgan fingerprint density at radius 3 is 2.57 bits per heavy atom. The molecule has 3 atom stereocenters. The van der Waals surface area contributed by atoms with Crippen LogP contribution in [0.2, 0.25) is 5.02 Å². The maximum absolute atomic E-state index is 13.0. The fourth-order valence-corrected chi connectivity index (χ4v) is 5.39. The van der Waals surface area contributed by atoms with Crippen LogP contribution in [0.15, 0.2) is 53.4 Å². The van der Waals surface area contributed by atoms with Crippen LogP contribution in [0.1, 0.15) is 24.8 Å². The monoisotopic (exact) mass is 524 g/mol. The van der Waals surface area contributed by atoms with Crippen LogP contribution in [0.5, 0.6) is 11.5 Å². The minimum Gasteiger partial charge on any atom is -0.497 e. The highest BCUT2D eigenvalue weighted by molar-refractivity contribution is 7.89. The lowest BCUT2D eigenvalue weighted by Gasteiger charge is -2.24. The molecule has 1 aliphatic rings. The summed E-state index contributed by atoms with van der Waals surface area (Å²) in [6.07, 6.45) is 3.64. The molecule has 0 amide bonds. The van der Waals surface area contributed by atoms with Crippen molar-refractivity contribution in [3.05, 3.63) is 69.3 Å². The number of ether oxygens (including phenoxy) is 3. The van der Waals surface area contributed by atoms with Crippen LogP contribution in [0.3, 0.4) is 0 Å². The van der Waals surface area contributed by atoms with Gasteiger partial charge in [0, 0.05) is 17.7 Å². The quantitative estimate of drug-likeness (QED) is 0.214. The average Bonchev–Trinajstić information content (AvgIpc) is 3.26. The van der Waals surface area contributed by atoms with Crippen molar-refractivity contribution in [3.8, 4) is 11.5 Å². The van der Waals surface area contributed by atoms with Crippen molar-refractivity contribution in [1.29, 1.82) is 0 Å². The second-order valence-corrected chi connectivity index (χ2v) is 9.84. The average molecular weight is 525 g/mol. The van der Waals surface area contributed by atoms with E-state index in [0.29, 0.717) is 17.1 Å². The Labute approximate surface area is 208 Å². The molecule has 3 rings (SSSR count). The Morgan fingerprint density at radius 2 is 1.94 bits per heavy atom. The second kappa shape index (κ2) is 11.1. The van der Waals surface area contributed by atoms with Gasteiger partial charge in [-0.15, -0.1) is 0 Å². The molecule has 0 radical (unpaired) electrons. The van der Waals surface area contributed by atoms with Crippen LogP contribution in [0, 0.1) is 16.0 Å². The summed E-state index contributed by atoms with van der Waals surface area (Å²) in [4.78, 5) is 23.1. The summed E-state index contributed by atoms with van der Waals surface area (Å²) >= 11 is 5.79. The normalized spacial score (nSPS) is 18.2. The maximum atomic E-state index is 13.0. The largest absolute Gasteiger partial charge is 0.497 e. The third kappa shape index (κ3) is 5.92. The number of halogens is 1. The van der Waals surface area contributed by atoms with E-state index in [4.69, 9.17) is 25.8 Å². The van der Waals surface area contributed by atoms with Crippen LogP contribution in [0.25, 0.3) is 0 Å². The molecule has 35 heavy (non-hydrogen) atoms. The van der Waals surface area contributed by atoms with Gasteiger partial charge in [0.15, 0.2) is 0 Å². The van der Waals surface area contributed by atoms with E-state index < -0.39 is 44.5 Å². The topological polar surface area (TPSA) is 134 Å². The van der Waals surface area contributed by atoms with Crippen LogP contribution in [-0.2, 0) is 19.6 Å². The van der Waals surface area contributed by atoms with Crippen molar-refractivity contribution in [2.24, 2.45) is 5.92 Å². The van der Waals surface area contributed by atoms with Gasteiger partial charge in [0.2, 0.25) is 10.0 Å². The summed E-state index contributed by atoms with van der Waals surface area (Å²) in [5.41, 5.74) is 0.0404. The number of sulfonamides is 1. The zero-order valence-corrected chi connectivity index (χ0v) is 20.8. The van der Waals surface area contributed by atoms with E-state index >= 15 is 0 Å². The van der Waals surface area contributed by atoms with E-state index in [0.717, 1.165) is 12.1 Å². The van der Waals surface area contributed by atoms with Gasteiger partial charge in [-0.25, -0.2) is 13.1 Å². The number of methoxy groups -OCH3 is 2. The van der Waals surface area contributed by atoms with E-state index in [1.54, 1.807) is 37.3 Å². The molecular weight excluding hydrogens is 500 g/mol. The molecule has 188 valence electrons. The molecule has 12 heteroatoms. The molecule has 1 N–H and O–H groups in total. The first-order valence-corrected chi connectivity index (χ1v) is 12.5. The van der Waals surface area contributed by atoms with Crippen molar-refractivity contribution >= 4 is 33.3 Å². The highest BCUT2D eigenvalue weighted by Gasteiger charge is 2.37. The standard InChI is InChI=1S/C23H25ClN2O8S/c1-4-34-23(27)22(18-12-16(32-2)7-10-21(18)33-3)14-5-6-15(11-14)25-35(30,31)17-8-9-19(24)20(13-17)26(28)29/h5-10,12-15,22,25H,4,11H2,1-3H3/t14-,15+,22-/m0/s1. The lowest BCUT2D eigenvalue weighted by atomic mass is 9.84. The maximum Gasteiger partial charge on any atom is 0.314 e. The number of hydrogen-bond acceptors (Lipinski definition) is 8. The van der Waals surface area contributed by atoms with Gasteiger partial charge in [0.1, 0.15) is 16.5 Å². The first kappa shape index (κ1) is 26.5. The molecule has 0 aliphatic heterocycles. The third-order valence-corrected chi connectivity index (χ3v) is 7.40.